The van der Waals surface area contributed by atoms with Crippen LogP contribution in [0.2, 0.25) is 0 Å². The third-order valence-electron chi connectivity index (χ3n) is 3.61. The number of likely N-dealkylation sites (N-methyl/N-ethyl adjacent to an activating group) is 1. The summed E-state index contributed by atoms with van der Waals surface area (Å²) in [5, 5.41) is 5.75. The molecule has 3 rings (SSSR count). The summed E-state index contributed by atoms with van der Waals surface area (Å²) in [5.41, 5.74) is 1.61. The average molecular weight is 387 g/mol. The first-order valence-electron chi connectivity index (χ1n) is 8.16. The SMILES string of the molecule is Cc1ccnc(NC(=O)CN(C)CC(=O)Nc2nc3ccc(F)cc3s2)c1. The summed E-state index contributed by atoms with van der Waals surface area (Å²) in [5.74, 6) is -0.449. The number of pyridine rings is 1. The number of halogens is 1. The van der Waals surface area contributed by atoms with Gasteiger partial charge in [0.2, 0.25) is 11.8 Å². The van der Waals surface area contributed by atoms with Crippen LogP contribution in [0.15, 0.2) is 36.5 Å². The molecule has 0 aliphatic carbocycles. The molecular weight excluding hydrogens is 369 g/mol. The number of amides is 2. The minimum absolute atomic E-state index is 0.0128. The van der Waals surface area contributed by atoms with Crippen LogP contribution in [0.25, 0.3) is 10.2 Å². The van der Waals surface area contributed by atoms with E-state index < -0.39 is 0 Å². The topological polar surface area (TPSA) is 87.2 Å². The van der Waals surface area contributed by atoms with Crippen molar-refractivity contribution in [1.82, 2.24) is 14.9 Å². The van der Waals surface area contributed by atoms with E-state index in [1.807, 2.05) is 13.0 Å². The van der Waals surface area contributed by atoms with Crippen LogP contribution in [0.5, 0.6) is 0 Å². The van der Waals surface area contributed by atoms with Crippen LogP contribution in [-0.4, -0.2) is 46.8 Å². The van der Waals surface area contributed by atoms with Gasteiger partial charge in [-0.25, -0.2) is 14.4 Å². The van der Waals surface area contributed by atoms with Crippen LogP contribution >= 0.6 is 11.3 Å². The number of nitrogens with zero attached hydrogens (tertiary/aromatic N) is 3. The van der Waals surface area contributed by atoms with E-state index in [1.165, 1.54) is 23.5 Å². The zero-order chi connectivity index (χ0) is 19.4. The molecule has 27 heavy (non-hydrogen) atoms. The summed E-state index contributed by atoms with van der Waals surface area (Å²) < 4.78 is 13.9. The van der Waals surface area contributed by atoms with Crippen molar-refractivity contribution in [3.05, 3.63) is 47.9 Å². The fraction of sp³-hybridized carbons (Fsp3) is 0.222. The van der Waals surface area contributed by atoms with Gasteiger partial charge in [-0.2, -0.15) is 0 Å². The number of thiazole rings is 1. The number of benzene rings is 1. The minimum atomic E-state index is -0.349. The minimum Gasteiger partial charge on any atom is -0.310 e. The Morgan fingerprint density at radius 3 is 2.63 bits per heavy atom. The Labute approximate surface area is 159 Å². The lowest BCUT2D eigenvalue weighted by Crippen LogP contribution is -2.36. The molecule has 0 bridgehead atoms. The zero-order valence-electron chi connectivity index (χ0n) is 14.8. The maximum absolute atomic E-state index is 13.2. The Hall–Kier alpha value is -2.91. The molecule has 2 amide bonds. The molecule has 2 heterocycles. The predicted molar refractivity (Wildman–Crippen MR) is 103 cm³/mol. The molecular formula is C18H18FN5O2S. The molecule has 9 heteroatoms. The molecule has 0 spiro atoms. The highest BCUT2D eigenvalue weighted by Crippen LogP contribution is 2.26. The number of carbonyl (C=O) groups is 2. The van der Waals surface area contributed by atoms with Crippen LogP contribution in [0.1, 0.15) is 5.56 Å². The van der Waals surface area contributed by atoms with E-state index in [2.05, 4.69) is 20.6 Å². The molecule has 0 saturated heterocycles. The third kappa shape index (κ3) is 5.28. The van der Waals surface area contributed by atoms with Crippen molar-refractivity contribution in [2.24, 2.45) is 0 Å². The van der Waals surface area contributed by atoms with E-state index in [1.54, 1.807) is 30.3 Å². The number of rotatable bonds is 6. The smallest absolute Gasteiger partial charge is 0.240 e. The van der Waals surface area contributed by atoms with Gasteiger partial charge in [-0.15, -0.1) is 0 Å². The van der Waals surface area contributed by atoms with Crippen LogP contribution < -0.4 is 10.6 Å². The van der Waals surface area contributed by atoms with Crippen molar-refractivity contribution < 1.29 is 14.0 Å². The maximum Gasteiger partial charge on any atom is 0.240 e. The molecule has 0 saturated carbocycles. The van der Waals surface area contributed by atoms with Crippen molar-refractivity contribution >= 4 is 44.3 Å². The summed E-state index contributed by atoms with van der Waals surface area (Å²) in [6, 6.07) is 7.86. The molecule has 2 N–H and O–H groups in total. The van der Waals surface area contributed by atoms with Crippen LogP contribution in [0.3, 0.4) is 0 Å². The lowest BCUT2D eigenvalue weighted by atomic mass is 10.3. The van der Waals surface area contributed by atoms with E-state index >= 15 is 0 Å². The number of carbonyl (C=O) groups excluding carboxylic acids is 2. The van der Waals surface area contributed by atoms with Gasteiger partial charge in [0.05, 0.1) is 23.3 Å². The maximum atomic E-state index is 13.2. The van der Waals surface area contributed by atoms with Crippen molar-refractivity contribution in [3.63, 3.8) is 0 Å². The number of aromatic nitrogens is 2. The molecule has 3 aromatic rings. The largest absolute Gasteiger partial charge is 0.310 e. The Morgan fingerprint density at radius 2 is 1.89 bits per heavy atom. The van der Waals surface area contributed by atoms with Gasteiger partial charge in [-0.3, -0.25) is 14.5 Å². The third-order valence-corrected chi connectivity index (χ3v) is 4.54. The first kappa shape index (κ1) is 18.9. The van der Waals surface area contributed by atoms with E-state index in [0.717, 1.165) is 5.56 Å². The lowest BCUT2D eigenvalue weighted by molar-refractivity contribution is -0.119. The quantitative estimate of drug-likeness (QED) is 0.679. The van der Waals surface area contributed by atoms with E-state index in [9.17, 15) is 14.0 Å². The normalized spacial score (nSPS) is 11.0. The number of nitrogens with one attached hydrogen (secondary N) is 2. The van der Waals surface area contributed by atoms with E-state index in [4.69, 9.17) is 0 Å². The summed E-state index contributed by atoms with van der Waals surface area (Å²) in [6.07, 6.45) is 1.62. The van der Waals surface area contributed by atoms with Crippen LogP contribution in [0, 0.1) is 12.7 Å². The molecule has 2 aromatic heterocycles. The average Bonchev–Trinajstić information content (AvgIpc) is 2.95. The standard InChI is InChI=1S/C18H18FN5O2S/c1-11-5-6-20-15(7-11)22-16(25)9-24(2)10-17(26)23-18-21-13-4-3-12(19)8-14(13)27-18/h3-8H,9-10H2,1-2H3,(H,20,22,25)(H,21,23,26). The molecule has 0 aliphatic rings. The number of hydrogen-bond acceptors (Lipinski definition) is 6. The Bertz CT molecular complexity index is 991. The Kier molecular flexibility index (Phi) is 5.72. The van der Waals surface area contributed by atoms with Gasteiger partial charge in [-0.1, -0.05) is 11.3 Å². The molecule has 1 aromatic carbocycles. The molecule has 140 valence electrons. The highest BCUT2D eigenvalue weighted by atomic mass is 32.1. The van der Waals surface area contributed by atoms with E-state index in [0.29, 0.717) is 21.2 Å². The van der Waals surface area contributed by atoms with Gasteiger partial charge in [0.25, 0.3) is 0 Å². The molecule has 0 atom stereocenters. The summed E-state index contributed by atoms with van der Waals surface area (Å²) >= 11 is 1.19. The molecule has 7 nitrogen and oxygen atoms in total. The predicted octanol–water partition coefficient (Wildman–Crippen LogP) is 2.65. The van der Waals surface area contributed by atoms with Gasteiger partial charge in [0.1, 0.15) is 11.6 Å². The Balaban J connectivity index is 1.51. The fourth-order valence-corrected chi connectivity index (χ4v) is 3.35. The van der Waals surface area contributed by atoms with Gasteiger partial charge in [-0.05, 0) is 49.9 Å². The highest BCUT2D eigenvalue weighted by molar-refractivity contribution is 7.22. The lowest BCUT2D eigenvalue weighted by Gasteiger charge is -2.15. The monoisotopic (exact) mass is 387 g/mol. The van der Waals surface area contributed by atoms with Crippen molar-refractivity contribution in [1.29, 1.82) is 0 Å². The van der Waals surface area contributed by atoms with Gasteiger partial charge in [0.15, 0.2) is 5.13 Å². The van der Waals surface area contributed by atoms with Gasteiger partial charge in [0, 0.05) is 6.20 Å². The summed E-state index contributed by atoms with van der Waals surface area (Å²) in [4.78, 5) is 34.1. The van der Waals surface area contributed by atoms with Crippen LogP contribution in [-0.2, 0) is 9.59 Å². The first-order chi connectivity index (χ1) is 12.9. The van der Waals surface area contributed by atoms with Crippen LogP contribution in [0.4, 0.5) is 15.3 Å². The number of fused-ring (bicyclic) bond motifs is 1. The highest BCUT2D eigenvalue weighted by Gasteiger charge is 2.13. The van der Waals surface area contributed by atoms with Crippen molar-refractivity contribution in [2.45, 2.75) is 6.92 Å². The van der Waals surface area contributed by atoms with Gasteiger partial charge >= 0.3 is 0 Å². The Morgan fingerprint density at radius 1 is 1.15 bits per heavy atom. The molecule has 0 aliphatic heterocycles. The van der Waals surface area contributed by atoms with E-state index in [-0.39, 0.29) is 30.7 Å². The van der Waals surface area contributed by atoms with Crippen molar-refractivity contribution in [3.8, 4) is 0 Å². The number of anilines is 2. The zero-order valence-corrected chi connectivity index (χ0v) is 15.6. The second-order valence-corrected chi connectivity index (χ2v) is 7.15. The molecule has 0 fully saturated rings. The second-order valence-electron chi connectivity index (χ2n) is 6.12. The van der Waals surface area contributed by atoms with Gasteiger partial charge < -0.3 is 10.6 Å². The summed E-state index contributed by atoms with van der Waals surface area (Å²) in [6.45, 7) is 1.96. The molecule has 0 radical (unpaired) electrons. The number of hydrogen-bond donors (Lipinski definition) is 2. The second kappa shape index (κ2) is 8.19. The fourth-order valence-electron chi connectivity index (χ4n) is 2.44. The molecule has 0 unspecified atom stereocenters. The first-order valence-corrected chi connectivity index (χ1v) is 8.98. The number of aryl methyl sites for hydroxylation is 1. The van der Waals surface area contributed by atoms with Crippen molar-refractivity contribution in [2.75, 3.05) is 30.8 Å². The summed E-state index contributed by atoms with van der Waals surface area (Å²) in [7, 11) is 1.66.